The minimum atomic E-state index is -0.648. The normalized spacial score (nSPS) is 45.9. The van der Waals surface area contributed by atoms with Gasteiger partial charge >= 0.3 is 5.97 Å². The Kier molecular flexibility index (Phi) is 1.89. The minimum Gasteiger partial charge on any atom is -0.481 e. The maximum Gasteiger partial charge on any atom is 0.306 e. The number of carboxylic acid groups (broad SMARTS) is 1. The average molecular weight is 178 g/mol. The summed E-state index contributed by atoms with van der Waals surface area (Å²) in [4.78, 5) is 10.4. The summed E-state index contributed by atoms with van der Waals surface area (Å²) in [5, 5.41) is 8.54. The Hall–Kier alpha value is -0.280. The number of rotatable bonds is 1. The molecular weight excluding hydrogens is 166 g/mol. The van der Waals surface area contributed by atoms with Crippen LogP contribution >= 0.6 is 12.4 Å². The highest BCUT2D eigenvalue weighted by molar-refractivity contribution is 5.85. The largest absolute Gasteiger partial charge is 0.481 e. The Morgan fingerprint density at radius 2 is 1.91 bits per heavy atom. The fourth-order valence-corrected chi connectivity index (χ4v) is 1.94. The van der Waals surface area contributed by atoms with E-state index in [0.29, 0.717) is 6.04 Å². The van der Waals surface area contributed by atoms with Crippen LogP contribution in [0.3, 0.4) is 0 Å². The second kappa shape index (κ2) is 2.35. The molecule has 0 amide bonds. The molecule has 1 atom stereocenters. The molecule has 1 spiro atoms. The van der Waals surface area contributed by atoms with E-state index in [1.165, 1.54) is 0 Å². The highest BCUT2D eigenvalue weighted by Crippen LogP contribution is 2.62. The van der Waals surface area contributed by atoms with Crippen molar-refractivity contribution in [3.8, 4) is 0 Å². The molecule has 3 N–H and O–H groups in total. The number of nitrogens with two attached hydrogens (primary N) is 1. The van der Waals surface area contributed by atoms with Gasteiger partial charge in [-0.2, -0.15) is 0 Å². The fourth-order valence-electron chi connectivity index (χ4n) is 1.94. The van der Waals surface area contributed by atoms with Gasteiger partial charge in [-0.25, -0.2) is 0 Å². The van der Waals surface area contributed by atoms with E-state index in [9.17, 15) is 4.79 Å². The van der Waals surface area contributed by atoms with Gasteiger partial charge in [-0.05, 0) is 24.7 Å². The topological polar surface area (TPSA) is 63.3 Å². The molecule has 0 aliphatic heterocycles. The molecule has 4 heteroatoms. The highest BCUT2D eigenvalue weighted by atomic mass is 35.5. The van der Waals surface area contributed by atoms with Crippen LogP contribution in [0.2, 0.25) is 0 Å². The van der Waals surface area contributed by atoms with E-state index >= 15 is 0 Å². The lowest BCUT2D eigenvalue weighted by Crippen LogP contribution is -2.35. The molecule has 0 bridgehead atoms. The number of halogens is 1. The van der Waals surface area contributed by atoms with E-state index < -0.39 is 5.97 Å². The summed E-state index contributed by atoms with van der Waals surface area (Å²) < 4.78 is 0. The summed E-state index contributed by atoms with van der Waals surface area (Å²) >= 11 is 0. The molecule has 2 fully saturated rings. The van der Waals surface area contributed by atoms with E-state index in [2.05, 4.69) is 0 Å². The van der Waals surface area contributed by atoms with Crippen molar-refractivity contribution in [3.05, 3.63) is 0 Å². The average Bonchev–Trinajstić information content (AvgIpc) is 2.36. The monoisotopic (exact) mass is 177 g/mol. The third kappa shape index (κ3) is 1.12. The lowest BCUT2D eigenvalue weighted by atomic mass is 9.71. The van der Waals surface area contributed by atoms with Crippen LogP contribution in [-0.2, 0) is 4.79 Å². The van der Waals surface area contributed by atoms with Gasteiger partial charge in [-0.3, -0.25) is 4.79 Å². The molecule has 2 aliphatic rings. The van der Waals surface area contributed by atoms with Crippen molar-refractivity contribution >= 4 is 18.4 Å². The van der Waals surface area contributed by atoms with Crippen LogP contribution < -0.4 is 5.73 Å². The van der Waals surface area contributed by atoms with Crippen molar-refractivity contribution < 1.29 is 9.90 Å². The Balaban J connectivity index is 0.000000605. The Labute approximate surface area is 71.4 Å². The molecule has 11 heavy (non-hydrogen) atoms. The maximum absolute atomic E-state index is 10.4. The van der Waals surface area contributed by atoms with E-state index in [4.69, 9.17) is 10.8 Å². The number of aliphatic carboxylic acids is 1. The summed E-state index contributed by atoms with van der Waals surface area (Å²) in [6.45, 7) is 0. The van der Waals surface area contributed by atoms with Crippen molar-refractivity contribution in [2.24, 2.45) is 17.1 Å². The molecule has 0 aromatic carbocycles. The zero-order valence-electron chi connectivity index (χ0n) is 6.12. The van der Waals surface area contributed by atoms with Gasteiger partial charge in [0.2, 0.25) is 0 Å². The SMILES string of the molecule is Cl.NC1CC12CC(C(=O)O)C2. The van der Waals surface area contributed by atoms with Crippen molar-refractivity contribution in [2.45, 2.75) is 25.3 Å². The van der Waals surface area contributed by atoms with Crippen LogP contribution in [-0.4, -0.2) is 17.1 Å². The van der Waals surface area contributed by atoms with Gasteiger partial charge < -0.3 is 10.8 Å². The second-order valence-corrected chi connectivity index (χ2v) is 3.62. The first kappa shape index (κ1) is 8.81. The van der Waals surface area contributed by atoms with Gasteiger partial charge in [-0.1, -0.05) is 0 Å². The summed E-state index contributed by atoms with van der Waals surface area (Å²) in [6.07, 6.45) is 2.70. The number of hydrogen-bond donors (Lipinski definition) is 2. The predicted octanol–water partition coefficient (Wildman–Crippen LogP) is 0.620. The summed E-state index contributed by atoms with van der Waals surface area (Å²) in [7, 11) is 0. The third-order valence-electron chi connectivity index (χ3n) is 2.91. The van der Waals surface area contributed by atoms with Crippen LogP contribution in [0.25, 0.3) is 0 Å². The van der Waals surface area contributed by atoms with Gasteiger partial charge in [0.25, 0.3) is 0 Å². The summed E-state index contributed by atoms with van der Waals surface area (Å²) in [5.74, 6) is -0.738. The van der Waals surface area contributed by atoms with Crippen LogP contribution in [0.15, 0.2) is 0 Å². The number of carboxylic acids is 1. The van der Waals surface area contributed by atoms with Crippen LogP contribution in [0.5, 0.6) is 0 Å². The first-order valence-corrected chi connectivity index (χ1v) is 3.62. The predicted molar refractivity (Wildman–Crippen MR) is 42.6 cm³/mol. The third-order valence-corrected chi connectivity index (χ3v) is 2.91. The second-order valence-electron chi connectivity index (χ2n) is 3.62. The van der Waals surface area contributed by atoms with Crippen LogP contribution in [0, 0.1) is 11.3 Å². The molecule has 64 valence electrons. The van der Waals surface area contributed by atoms with Gasteiger partial charge in [0, 0.05) is 6.04 Å². The molecule has 3 nitrogen and oxygen atoms in total. The highest BCUT2D eigenvalue weighted by Gasteiger charge is 2.61. The van der Waals surface area contributed by atoms with E-state index in [1.54, 1.807) is 0 Å². The van der Waals surface area contributed by atoms with Gasteiger partial charge in [-0.15, -0.1) is 12.4 Å². The zero-order chi connectivity index (χ0) is 7.35. The Bertz CT molecular complexity index is 189. The lowest BCUT2D eigenvalue weighted by molar-refractivity contribution is -0.147. The standard InChI is InChI=1S/C7H11NO2.ClH/c8-5-3-7(5)1-4(2-7)6(9)10;/h4-5H,1-3,8H2,(H,9,10);1H. The van der Waals surface area contributed by atoms with E-state index in [-0.39, 0.29) is 23.7 Å². The number of carbonyl (C=O) groups is 1. The first-order chi connectivity index (χ1) is 4.64. The molecule has 1 unspecified atom stereocenters. The van der Waals surface area contributed by atoms with E-state index in [0.717, 1.165) is 19.3 Å². The molecule has 0 saturated heterocycles. The van der Waals surface area contributed by atoms with Crippen molar-refractivity contribution in [3.63, 3.8) is 0 Å². The molecule has 0 aromatic rings. The lowest BCUT2D eigenvalue weighted by Gasteiger charge is -2.33. The first-order valence-electron chi connectivity index (χ1n) is 3.62. The van der Waals surface area contributed by atoms with Crippen molar-refractivity contribution in [1.29, 1.82) is 0 Å². The number of hydrogen-bond acceptors (Lipinski definition) is 2. The molecule has 0 radical (unpaired) electrons. The van der Waals surface area contributed by atoms with Gasteiger partial charge in [0.05, 0.1) is 5.92 Å². The molecule has 2 aliphatic carbocycles. The summed E-state index contributed by atoms with van der Waals surface area (Å²) in [5.41, 5.74) is 5.91. The molecular formula is C7H12ClNO2. The van der Waals surface area contributed by atoms with Crippen molar-refractivity contribution in [1.82, 2.24) is 0 Å². The maximum atomic E-state index is 10.4. The van der Waals surface area contributed by atoms with Crippen LogP contribution in [0.4, 0.5) is 0 Å². The molecule has 2 saturated carbocycles. The quantitative estimate of drug-likeness (QED) is 0.617. The molecule has 2 rings (SSSR count). The summed E-state index contributed by atoms with van der Waals surface area (Å²) in [6, 6.07) is 0.308. The Morgan fingerprint density at radius 3 is 2.18 bits per heavy atom. The Morgan fingerprint density at radius 1 is 1.45 bits per heavy atom. The molecule has 0 aromatic heterocycles. The molecule has 0 heterocycles. The van der Waals surface area contributed by atoms with Crippen LogP contribution in [0.1, 0.15) is 19.3 Å². The van der Waals surface area contributed by atoms with E-state index in [1.807, 2.05) is 0 Å². The fraction of sp³-hybridized carbons (Fsp3) is 0.857. The van der Waals surface area contributed by atoms with Gasteiger partial charge in [0.1, 0.15) is 0 Å². The minimum absolute atomic E-state index is 0. The van der Waals surface area contributed by atoms with Crippen molar-refractivity contribution in [2.75, 3.05) is 0 Å². The van der Waals surface area contributed by atoms with Gasteiger partial charge in [0.15, 0.2) is 0 Å². The zero-order valence-corrected chi connectivity index (χ0v) is 6.93. The smallest absolute Gasteiger partial charge is 0.306 e.